The van der Waals surface area contributed by atoms with Crippen LogP contribution in [-0.2, 0) is 0 Å². The molecule has 0 aromatic heterocycles. The number of aliphatic hydroxyl groups is 1. The summed E-state index contributed by atoms with van der Waals surface area (Å²) < 4.78 is 0. The Labute approximate surface area is 93.9 Å². The molecule has 3 nitrogen and oxygen atoms in total. The van der Waals surface area contributed by atoms with Crippen molar-refractivity contribution in [2.24, 2.45) is 5.92 Å². The fraction of sp³-hybridized carbons (Fsp3) is 1.00. The first-order chi connectivity index (χ1) is 7.15. The van der Waals surface area contributed by atoms with Gasteiger partial charge in [0.15, 0.2) is 0 Å². The van der Waals surface area contributed by atoms with E-state index in [1.807, 2.05) is 0 Å². The second kappa shape index (κ2) is 6.46. The van der Waals surface area contributed by atoms with Gasteiger partial charge in [-0.3, -0.25) is 4.90 Å². The van der Waals surface area contributed by atoms with Crippen LogP contribution in [0.25, 0.3) is 0 Å². The van der Waals surface area contributed by atoms with Crippen LogP contribution in [-0.4, -0.2) is 48.3 Å². The van der Waals surface area contributed by atoms with Gasteiger partial charge < -0.3 is 10.4 Å². The summed E-state index contributed by atoms with van der Waals surface area (Å²) in [6.45, 7) is 10.4. The molecule has 1 rings (SSSR count). The number of hydrogen-bond acceptors (Lipinski definition) is 3. The number of nitrogens with zero attached hydrogens (tertiary/aromatic N) is 1. The molecule has 0 bridgehead atoms. The van der Waals surface area contributed by atoms with Gasteiger partial charge in [0.25, 0.3) is 0 Å². The predicted molar refractivity (Wildman–Crippen MR) is 64.0 cm³/mol. The van der Waals surface area contributed by atoms with E-state index in [2.05, 4.69) is 31.0 Å². The van der Waals surface area contributed by atoms with Gasteiger partial charge in [-0.1, -0.05) is 13.8 Å². The van der Waals surface area contributed by atoms with E-state index < -0.39 is 0 Å². The van der Waals surface area contributed by atoms with Crippen molar-refractivity contribution < 1.29 is 5.11 Å². The molecule has 0 aliphatic carbocycles. The Morgan fingerprint density at radius 1 is 1.47 bits per heavy atom. The minimum atomic E-state index is 0.299. The Kier molecular flexibility index (Phi) is 5.58. The van der Waals surface area contributed by atoms with Gasteiger partial charge in [-0.15, -0.1) is 0 Å². The number of nitrogens with one attached hydrogen (secondary N) is 1. The molecule has 3 heteroatoms. The van der Waals surface area contributed by atoms with Crippen LogP contribution in [0, 0.1) is 5.92 Å². The molecule has 1 aliphatic heterocycles. The molecule has 2 N–H and O–H groups in total. The normalized spacial score (nSPS) is 29.4. The monoisotopic (exact) mass is 214 g/mol. The molecule has 0 radical (unpaired) electrons. The van der Waals surface area contributed by atoms with Gasteiger partial charge in [0.2, 0.25) is 0 Å². The highest BCUT2D eigenvalue weighted by Gasteiger charge is 2.25. The second-order valence-electron chi connectivity index (χ2n) is 5.10. The molecule has 0 aromatic rings. The number of aliphatic hydroxyl groups excluding tert-OH is 1. The third kappa shape index (κ3) is 4.09. The lowest BCUT2D eigenvalue weighted by atomic mass is 10.1. The van der Waals surface area contributed by atoms with Gasteiger partial charge >= 0.3 is 0 Å². The molecule has 0 saturated carbocycles. The maximum absolute atomic E-state index is 9.09. The van der Waals surface area contributed by atoms with Crippen molar-refractivity contribution in [3.05, 3.63) is 0 Å². The maximum atomic E-state index is 9.09. The van der Waals surface area contributed by atoms with Crippen molar-refractivity contribution in [1.82, 2.24) is 10.2 Å². The summed E-state index contributed by atoms with van der Waals surface area (Å²) in [7, 11) is 0. The third-order valence-corrected chi connectivity index (χ3v) is 3.19. The van der Waals surface area contributed by atoms with Crippen molar-refractivity contribution in [2.75, 3.05) is 26.2 Å². The zero-order valence-corrected chi connectivity index (χ0v) is 10.4. The van der Waals surface area contributed by atoms with E-state index in [1.54, 1.807) is 0 Å². The highest BCUT2D eigenvalue weighted by molar-refractivity contribution is 4.83. The molecule has 0 spiro atoms. The van der Waals surface area contributed by atoms with Crippen molar-refractivity contribution in [3.63, 3.8) is 0 Å². The van der Waals surface area contributed by atoms with Gasteiger partial charge in [-0.25, -0.2) is 0 Å². The molecular weight excluding hydrogens is 188 g/mol. The van der Waals surface area contributed by atoms with Crippen LogP contribution in [0.5, 0.6) is 0 Å². The number of rotatable bonds is 4. The minimum absolute atomic E-state index is 0.299. The Hall–Kier alpha value is -0.120. The predicted octanol–water partition coefficient (Wildman–Crippen LogP) is 1.08. The van der Waals surface area contributed by atoms with Crippen LogP contribution in [0.2, 0.25) is 0 Å². The first-order valence-electron chi connectivity index (χ1n) is 6.22. The Morgan fingerprint density at radius 2 is 2.20 bits per heavy atom. The highest BCUT2D eigenvalue weighted by atomic mass is 16.3. The highest BCUT2D eigenvalue weighted by Crippen LogP contribution is 2.16. The van der Waals surface area contributed by atoms with E-state index in [1.165, 1.54) is 6.42 Å². The summed E-state index contributed by atoms with van der Waals surface area (Å²) in [6, 6.07) is 1.15. The van der Waals surface area contributed by atoms with E-state index in [4.69, 9.17) is 5.11 Å². The minimum Gasteiger partial charge on any atom is -0.396 e. The van der Waals surface area contributed by atoms with E-state index in [0.717, 1.165) is 26.1 Å². The smallest absolute Gasteiger partial charge is 0.0446 e. The molecule has 1 heterocycles. The zero-order chi connectivity index (χ0) is 11.3. The SMILES string of the molecule is CC(C)CN1C(C)CCNCC1CCO. The molecule has 1 saturated heterocycles. The Morgan fingerprint density at radius 3 is 2.80 bits per heavy atom. The molecular formula is C12H26N2O. The first kappa shape index (κ1) is 12.9. The van der Waals surface area contributed by atoms with Crippen LogP contribution in [0.4, 0.5) is 0 Å². The van der Waals surface area contributed by atoms with Gasteiger partial charge in [0.05, 0.1) is 0 Å². The summed E-state index contributed by atoms with van der Waals surface area (Å²) in [5.41, 5.74) is 0. The number of hydrogen-bond donors (Lipinski definition) is 2. The van der Waals surface area contributed by atoms with Gasteiger partial charge in [0, 0.05) is 31.8 Å². The van der Waals surface area contributed by atoms with Gasteiger partial charge in [-0.05, 0) is 32.2 Å². The lowest BCUT2D eigenvalue weighted by Crippen LogP contribution is -2.45. The summed E-state index contributed by atoms with van der Waals surface area (Å²) in [6.07, 6.45) is 2.11. The molecule has 1 aliphatic rings. The van der Waals surface area contributed by atoms with E-state index in [-0.39, 0.29) is 0 Å². The Bertz CT molecular complexity index is 173. The molecule has 1 fully saturated rings. The van der Waals surface area contributed by atoms with Crippen molar-refractivity contribution >= 4 is 0 Å². The average Bonchev–Trinajstić information content (AvgIpc) is 2.32. The van der Waals surface area contributed by atoms with Crippen molar-refractivity contribution in [3.8, 4) is 0 Å². The molecule has 2 atom stereocenters. The average molecular weight is 214 g/mol. The summed E-state index contributed by atoms with van der Waals surface area (Å²) in [5, 5.41) is 12.6. The second-order valence-corrected chi connectivity index (χ2v) is 5.10. The summed E-state index contributed by atoms with van der Waals surface area (Å²) in [4.78, 5) is 2.57. The molecule has 15 heavy (non-hydrogen) atoms. The third-order valence-electron chi connectivity index (χ3n) is 3.19. The summed E-state index contributed by atoms with van der Waals surface area (Å²) >= 11 is 0. The van der Waals surface area contributed by atoms with Crippen molar-refractivity contribution in [2.45, 2.75) is 45.7 Å². The molecule has 90 valence electrons. The fourth-order valence-electron chi connectivity index (χ4n) is 2.39. The largest absolute Gasteiger partial charge is 0.396 e. The quantitative estimate of drug-likeness (QED) is 0.735. The van der Waals surface area contributed by atoms with Crippen LogP contribution in [0.1, 0.15) is 33.6 Å². The van der Waals surface area contributed by atoms with Crippen LogP contribution in [0.15, 0.2) is 0 Å². The van der Waals surface area contributed by atoms with Crippen LogP contribution in [0.3, 0.4) is 0 Å². The van der Waals surface area contributed by atoms with Gasteiger partial charge in [0.1, 0.15) is 0 Å². The van der Waals surface area contributed by atoms with Crippen molar-refractivity contribution in [1.29, 1.82) is 0 Å². The lowest BCUT2D eigenvalue weighted by Gasteiger charge is -2.35. The lowest BCUT2D eigenvalue weighted by molar-refractivity contribution is 0.112. The standard InChI is InChI=1S/C12H26N2O/c1-10(2)9-14-11(3)4-6-13-8-12(14)5-7-15/h10-13,15H,4-9H2,1-3H3. The zero-order valence-electron chi connectivity index (χ0n) is 10.4. The van der Waals surface area contributed by atoms with E-state index in [0.29, 0.717) is 24.6 Å². The fourth-order valence-corrected chi connectivity index (χ4v) is 2.39. The summed E-state index contributed by atoms with van der Waals surface area (Å²) in [5.74, 6) is 0.701. The van der Waals surface area contributed by atoms with E-state index >= 15 is 0 Å². The maximum Gasteiger partial charge on any atom is 0.0446 e. The van der Waals surface area contributed by atoms with Gasteiger partial charge in [-0.2, -0.15) is 0 Å². The first-order valence-corrected chi connectivity index (χ1v) is 6.22. The van der Waals surface area contributed by atoms with Crippen LogP contribution >= 0.6 is 0 Å². The molecule has 2 unspecified atom stereocenters. The topological polar surface area (TPSA) is 35.5 Å². The van der Waals surface area contributed by atoms with Crippen LogP contribution < -0.4 is 5.32 Å². The molecule has 0 aromatic carbocycles. The molecule has 0 amide bonds. The Balaban J connectivity index is 2.60. The van der Waals surface area contributed by atoms with E-state index in [9.17, 15) is 0 Å².